The molecule has 1 atom stereocenters. The number of aromatic nitrogens is 3. The number of carbonyl (C=O) groups is 2. The number of aryl methyl sites for hydroxylation is 1. The van der Waals surface area contributed by atoms with Gasteiger partial charge in [-0.2, -0.15) is 0 Å². The first-order valence-corrected chi connectivity index (χ1v) is 11.5. The minimum Gasteiger partial charge on any atom is -0.365 e. The number of likely N-dealkylation sites (tertiary alicyclic amines) is 1. The molecule has 35 heavy (non-hydrogen) atoms. The van der Waals surface area contributed by atoms with Crippen molar-refractivity contribution in [3.05, 3.63) is 76.6 Å². The van der Waals surface area contributed by atoms with Gasteiger partial charge in [-0.1, -0.05) is 35.0 Å². The molecule has 1 unspecified atom stereocenters. The van der Waals surface area contributed by atoms with Gasteiger partial charge in [0.25, 0.3) is 5.91 Å². The van der Waals surface area contributed by atoms with E-state index in [2.05, 4.69) is 15.6 Å². The van der Waals surface area contributed by atoms with Gasteiger partial charge in [0.1, 0.15) is 6.10 Å². The molecule has 1 fully saturated rings. The maximum absolute atomic E-state index is 13.4. The molecule has 0 radical (unpaired) electrons. The predicted molar refractivity (Wildman–Crippen MR) is 122 cm³/mol. The summed E-state index contributed by atoms with van der Waals surface area (Å²) in [5, 5.41) is 10.9. The Balaban J connectivity index is 1.18. The summed E-state index contributed by atoms with van der Waals surface area (Å²) in [7, 11) is 0. The van der Waals surface area contributed by atoms with Crippen LogP contribution in [0.2, 0.25) is 0 Å². The standard InChI is InChI=1S/C25H25F2N5O3/c1-15-2-4-16(5-3-15)22-13-32-21(14-35-22)23(29-30-32)25(34)31-10-8-17(9-11-31)24(33)28-18-6-7-19(26)20(27)12-18/h2-7,12,17,22H,8-11,13-14H2,1H3,(H,28,33). The molecular formula is C25H25F2N5O3. The molecule has 182 valence electrons. The SMILES string of the molecule is Cc1ccc(C2Cn3nnc(C(=O)N4CCC(C(=O)Nc5ccc(F)c(F)c5)CC4)c3CO2)cc1. The number of carbonyl (C=O) groups excluding carboxylic acids is 2. The molecule has 2 aliphatic rings. The molecule has 2 aromatic carbocycles. The molecule has 0 bridgehead atoms. The van der Waals surface area contributed by atoms with Crippen molar-refractivity contribution >= 4 is 17.5 Å². The number of ether oxygens (including phenoxy) is 1. The van der Waals surface area contributed by atoms with E-state index in [-0.39, 0.29) is 41.8 Å². The van der Waals surface area contributed by atoms with Gasteiger partial charge in [-0.3, -0.25) is 9.59 Å². The number of piperidine rings is 1. The van der Waals surface area contributed by atoms with E-state index in [1.807, 2.05) is 31.2 Å². The lowest BCUT2D eigenvalue weighted by atomic mass is 9.95. The first kappa shape index (κ1) is 23.1. The van der Waals surface area contributed by atoms with Crippen LogP contribution in [0.3, 0.4) is 0 Å². The largest absolute Gasteiger partial charge is 0.365 e. The third kappa shape index (κ3) is 4.79. The molecule has 2 aliphatic heterocycles. The predicted octanol–water partition coefficient (Wildman–Crippen LogP) is 3.63. The second kappa shape index (κ2) is 9.53. The van der Waals surface area contributed by atoms with Crippen LogP contribution in [-0.4, -0.2) is 44.8 Å². The van der Waals surface area contributed by atoms with Crippen LogP contribution in [0.4, 0.5) is 14.5 Å². The number of hydrogen-bond acceptors (Lipinski definition) is 5. The van der Waals surface area contributed by atoms with Crippen molar-refractivity contribution in [2.45, 2.75) is 39.0 Å². The highest BCUT2D eigenvalue weighted by atomic mass is 19.2. The van der Waals surface area contributed by atoms with Crippen LogP contribution in [0.5, 0.6) is 0 Å². The summed E-state index contributed by atoms with van der Waals surface area (Å²) < 4.78 is 34.2. The molecular weight excluding hydrogens is 456 g/mol. The van der Waals surface area contributed by atoms with Crippen LogP contribution in [-0.2, 0) is 22.7 Å². The van der Waals surface area contributed by atoms with E-state index in [4.69, 9.17) is 4.74 Å². The van der Waals surface area contributed by atoms with E-state index < -0.39 is 11.6 Å². The summed E-state index contributed by atoms with van der Waals surface area (Å²) in [6, 6.07) is 11.4. The molecule has 5 rings (SSSR count). The molecule has 0 aliphatic carbocycles. The molecule has 1 N–H and O–H groups in total. The van der Waals surface area contributed by atoms with Crippen LogP contribution in [0.1, 0.15) is 46.3 Å². The zero-order valence-electron chi connectivity index (χ0n) is 19.2. The summed E-state index contributed by atoms with van der Waals surface area (Å²) in [5.74, 6) is -2.83. The molecule has 3 heterocycles. The lowest BCUT2D eigenvalue weighted by molar-refractivity contribution is -0.121. The minimum atomic E-state index is -1.02. The van der Waals surface area contributed by atoms with Gasteiger partial charge in [-0.25, -0.2) is 13.5 Å². The van der Waals surface area contributed by atoms with Crippen molar-refractivity contribution in [2.24, 2.45) is 5.92 Å². The van der Waals surface area contributed by atoms with Crippen molar-refractivity contribution < 1.29 is 23.1 Å². The lowest BCUT2D eigenvalue weighted by Gasteiger charge is -2.31. The Morgan fingerprint density at radius 1 is 1.06 bits per heavy atom. The van der Waals surface area contributed by atoms with Crippen molar-refractivity contribution in [2.75, 3.05) is 18.4 Å². The van der Waals surface area contributed by atoms with Crippen molar-refractivity contribution in [1.29, 1.82) is 0 Å². The zero-order valence-corrected chi connectivity index (χ0v) is 19.2. The molecule has 3 aromatic rings. The van der Waals surface area contributed by atoms with Crippen LogP contribution in [0, 0.1) is 24.5 Å². The molecule has 0 saturated carbocycles. The zero-order chi connectivity index (χ0) is 24.5. The number of nitrogens with zero attached hydrogens (tertiary/aromatic N) is 4. The monoisotopic (exact) mass is 481 g/mol. The minimum absolute atomic E-state index is 0.156. The highest BCUT2D eigenvalue weighted by Crippen LogP contribution is 2.28. The fourth-order valence-corrected chi connectivity index (χ4v) is 4.47. The molecule has 1 saturated heterocycles. The van der Waals surface area contributed by atoms with Gasteiger partial charge in [-0.05, 0) is 37.5 Å². The Kier molecular flexibility index (Phi) is 6.29. The van der Waals surface area contributed by atoms with E-state index in [0.29, 0.717) is 38.2 Å². The van der Waals surface area contributed by atoms with Crippen molar-refractivity contribution in [1.82, 2.24) is 19.9 Å². The molecule has 10 heteroatoms. The van der Waals surface area contributed by atoms with Crippen LogP contribution in [0.15, 0.2) is 42.5 Å². The van der Waals surface area contributed by atoms with E-state index in [0.717, 1.165) is 17.7 Å². The Bertz CT molecular complexity index is 1250. The number of hydrogen-bond donors (Lipinski definition) is 1. The van der Waals surface area contributed by atoms with Gasteiger partial charge in [-0.15, -0.1) is 5.10 Å². The number of benzene rings is 2. The van der Waals surface area contributed by atoms with Crippen LogP contribution < -0.4 is 5.32 Å². The summed E-state index contributed by atoms with van der Waals surface area (Å²) in [6.07, 6.45) is 0.754. The summed E-state index contributed by atoms with van der Waals surface area (Å²) in [6.45, 7) is 3.51. The number of amides is 2. The highest BCUT2D eigenvalue weighted by molar-refractivity contribution is 5.94. The Labute approximate surface area is 200 Å². The third-order valence-corrected chi connectivity index (χ3v) is 6.59. The van der Waals surface area contributed by atoms with Gasteiger partial charge < -0.3 is 15.0 Å². The second-order valence-electron chi connectivity index (χ2n) is 8.96. The van der Waals surface area contributed by atoms with E-state index in [9.17, 15) is 18.4 Å². The number of rotatable bonds is 4. The normalized spacial score (nSPS) is 18.3. The van der Waals surface area contributed by atoms with Crippen molar-refractivity contribution in [3.8, 4) is 0 Å². The number of nitrogens with one attached hydrogen (secondary N) is 1. The topological polar surface area (TPSA) is 89.4 Å². The molecule has 1 aromatic heterocycles. The van der Waals surface area contributed by atoms with Gasteiger partial charge in [0.05, 0.1) is 18.8 Å². The average molecular weight is 482 g/mol. The molecule has 2 amide bonds. The summed E-state index contributed by atoms with van der Waals surface area (Å²) >= 11 is 0. The number of anilines is 1. The van der Waals surface area contributed by atoms with Crippen LogP contribution >= 0.6 is 0 Å². The average Bonchev–Trinajstić information content (AvgIpc) is 3.29. The lowest BCUT2D eigenvalue weighted by Crippen LogP contribution is -2.42. The smallest absolute Gasteiger partial charge is 0.276 e. The maximum atomic E-state index is 13.4. The first-order chi connectivity index (χ1) is 16.9. The van der Waals surface area contributed by atoms with E-state index >= 15 is 0 Å². The highest BCUT2D eigenvalue weighted by Gasteiger charge is 2.33. The second-order valence-corrected chi connectivity index (χ2v) is 8.96. The maximum Gasteiger partial charge on any atom is 0.276 e. The summed E-state index contributed by atoms with van der Waals surface area (Å²) in [4.78, 5) is 27.4. The molecule has 0 spiro atoms. The van der Waals surface area contributed by atoms with Gasteiger partial charge in [0, 0.05) is 30.8 Å². The first-order valence-electron chi connectivity index (χ1n) is 11.5. The Morgan fingerprint density at radius 2 is 1.80 bits per heavy atom. The fourth-order valence-electron chi connectivity index (χ4n) is 4.47. The Morgan fingerprint density at radius 3 is 2.51 bits per heavy atom. The molecule has 8 nitrogen and oxygen atoms in total. The quantitative estimate of drug-likeness (QED) is 0.615. The van der Waals surface area contributed by atoms with Gasteiger partial charge in [0.2, 0.25) is 5.91 Å². The van der Waals surface area contributed by atoms with Crippen molar-refractivity contribution in [3.63, 3.8) is 0 Å². The van der Waals surface area contributed by atoms with E-state index in [1.165, 1.54) is 11.6 Å². The number of fused-ring (bicyclic) bond motifs is 1. The van der Waals surface area contributed by atoms with Crippen LogP contribution in [0.25, 0.3) is 0 Å². The fraction of sp³-hybridized carbons (Fsp3) is 0.360. The Hall–Kier alpha value is -3.66. The number of halogens is 2. The van der Waals surface area contributed by atoms with Gasteiger partial charge >= 0.3 is 0 Å². The van der Waals surface area contributed by atoms with E-state index in [1.54, 1.807) is 9.58 Å². The van der Waals surface area contributed by atoms with Gasteiger partial charge in [0.15, 0.2) is 17.3 Å². The third-order valence-electron chi connectivity index (χ3n) is 6.59. The summed E-state index contributed by atoms with van der Waals surface area (Å²) in [5.41, 5.74) is 3.35.